The van der Waals surface area contributed by atoms with Crippen molar-refractivity contribution in [2.75, 3.05) is 14.2 Å². The van der Waals surface area contributed by atoms with Gasteiger partial charge in [0, 0.05) is 37.7 Å². The molecule has 0 saturated heterocycles. The summed E-state index contributed by atoms with van der Waals surface area (Å²) in [6.07, 6.45) is -1.05. The van der Waals surface area contributed by atoms with Crippen molar-refractivity contribution in [3.63, 3.8) is 0 Å². The van der Waals surface area contributed by atoms with Crippen LogP contribution in [-0.2, 0) is 19.8 Å². The van der Waals surface area contributed by atoms with Gasteiger partial charge in [0.1, 0.15) is 17.3 Å². The maximum atomic E-state index is 12.8. The lowest BCUT2D eigenvalue weighted by Gasteiger charge is -2.20. The minimum Gasteiger partial charge on any atom is -0.497 e. The van der Waals surface area contributed by atoms with Crippen LogP contribution in [-0.4, -0.2) is 34.0 Å². The largest absolute Gasteiger partial charge is 0.497 e. The van der Waals surface area contributed by atoms with Crippen molar-refractivity contribution in [3.05, 3.63) is 59.4 Å². The summed E-state index contributed by atoms with van der Waals surface area (Å²) in [5, 5.41) is 8.97. The summed E-state index contributed by atoms with van der Waals surface area (Å²) in [4.78, 5) is 4.37. The van der Waals surface area contributed by atoms with Gasteiger partial charge in [-0.15, -0.1) is 0 Å². The Hall–Kier alpha value is -3.01. The van der Waals surface area contributed by atoms with Crippen LogP contribution in [0.3, 0.4) is 0 Å². The highest BCUT2D eigenvalue weighted by Gasteiger charge is 2.33. The van der Waals surface area contributed by atoms with Gasteiger partial charge in [-0.2, -0.15) is 18.3 Å². The van der Waals surface area contributed by atoms with E-state index in [0.29, 0.717) is 23.0 Å². The normalized spacial score (nSPS) is 12.8. The van der Waals surface area contributed by atoms with E-state index >= 15 is 0 Å². The molecule has 3 rings (SSSR count). The van der Waals surface area contributed by atoms with Crippen LogP contribution in [0, 0.1) is 0 Å². The predicted octanol–water partition coefficient (Wildman–Crippen LogP) is 3.06. The molecule has 28 heavy (non-hydrogen) atoms. The molecule has 1 aromatic carbocycles. The summed E-state index contributed by atoms with van der Waals surface area (Å²) in [7, 11) is 4.93. The first kappa shape index (κ1) is 19.7. The zero-order valence-electron chi connectivity index (χ0n) is 15.5. The number of ether oxygens (including phenoxy) is 2. The molecule has 0 amide bonds. The summed E-state index contributed by atoms with van der Waals surface area (Å²) in [5.74, 6) is 1.87. The van der Waals surface area contributed by atoms with Gasteiger partial charge in [0.25, 0.3) is 0 Å². The summed E-state index contributed by atoms with van der Waals surface area (Å²) < 4.78 is 50.8. The second-order valence-corrected chi connectivity index (χ2v) is 6.13. The van der Waals surface area contributed by atoms with Gasteiger partial charge < -0.3 is 14.0 Å². The van der Waals surface area contributed by atoms with Crippen molar-refractivity contribution in [1.29, 1.82) is 0 Å². The van der Waals surface area contributed by atoms with E-state index in [1.165, 1.54) is 0 Å². The summed E-state index contributed by atoms with van der Waals surface area (Å²) in [5.41, 5.74) is 0.142. The molecule has 0 bridgehead atoms. The number of halogens is 3. The first-order valence-electron chi connectivity index (χ1n) is 8.37. The lowest BCUT2D eigenvalue weighted by atomic mass is 10.0. The van der Waals surface area contributed by atoms with Gasteiger partial charge in [-0.05, 0) is 23.8 Å². The Labute approximate surface area is 159 Å². The van der Waals surface area contributed by atoms with E-state index in [0.717, 1.165) is 11.6 Å². The predicted molar refractivity (Wildman–Crippen MR) is 95.0 cm³/mol. The molecule has 1 atom stereocenters. The van der Waals surface area contributed by atoms with Crippen molar-refractivity contribution in [2.24, 2.45) is 7.05 Å². The maximum absolute atomic E-state index is 12.8. The van der Waals surface area contributed by atoms with Gasteiger partial charge in [-0.25, -0.2) is 4.98 Å². The molecule has 150 valence electrons. The molecular weight excluding hydrogens is 375 g/mol. The minimum absolute atomic E-state index is 0.125. The summed E-state index contributed by atoms with van der Waals surface area (Å²) in [6.45, 7) is 0.125. The fourth-order valence-electron chi connectivity index (χ4n) is 2.82. The number of H-pyrrole nitrogens is 1. The molecule has 0 fully saturated rings. The van der Waals surface area contributed by atoms with Crippen molar-refractivity contribution >= 4 is 0 Å². The second-order valence-electron chi connectivity index (χ2n) is 6.13. The Morgan fingerprint density at radius 3 is 2.32 bits per heavy atom. The van der Waals surface area contributed by atoms with Gasteiger partial charge in [0.05, 0.1) is 20.3 Å². The first-order chi connectivity index (χ1) is 13.3. The number of hydrogen-bond donors (Lipinski definition) is 2. The van der Waals surface area contributed by atoms with E-state index in [-0.39, 0.29) is 6.54 Å². The highest BCUT2D eigenvalue weighted by molar-refractivity contribution is 5.41. The topological polar surface area (TPSA) is 77.0 Å². The van der Waals surface area contributed by atoms with Gasteiger partial charge in [0.2, 0.25) is 0 Å². The van der Waals surface area contributed by atoms with Crippen LogP contribution in [0.25, 0.3) is 0 Å². The maximum Gasteiger partial charge on any atom is 0.435 e. The third-order valence-corrected chi connectivity index (χ3v) is 4.24. The number of benzene rings is 1. The van der Waals surface area contributed by atoms with Crippen molar-refractivity contribution < 1.29 is 22.6 Å². The Morgan fingerprint density at radius 1 is 1.14 bits per heavy atom. The first-order valence-corrected chi connectivity index (χ1v) is 8.37. The van der Waals surface area contributed by atoms with Gasteiger partial charge in [0.15, 0.2) is 5.69 Å². The molecule has 0 aliphatic carbocycles. The Morgan fingerprint density at radius 2 is 1.82 bits per heavy atom. The zero-order valence-corrected chi connectivity index (χ0v) is 15.5. The van der Waals surface area contributed by atoms with Crippen LogP contribution in [0.15, 0.2) is 36.7 Å². The molecule has 0 radical (unpaired) electrons. The lowest BCUT2D eigenvalue weighted by molar-refractivity contribution is -0.141. The Bertz CT molecular complexity index is 913. The minimum atomic E-state index is -4.49. The number of alkyl halides is 3. The van der Waals surface area contributed by atoms with E-state index in [1.807, 2.05) is 23.7 Å². The lowest BCUT2D eigenvalue weighted by Crippen LogP contribution is -2.25. The van der Waals surface area contributed by atoms with Gasteiger partial charge in [-0.1, -0.05) is 0 Å². The van der Waals surface area contributed by atoms with Crippen LogP contribution >= 0.6 is 0 Å². The second kappa shape index (κ2) is 7.93. The summed E-state index contributed by atoms with van der Waals surface area (Å²) in [6, 6.07) is 5.95. The van der Waals surface area contributed by atoms with Crippen molar-refractivity contribution in [3.8, 4) is 11.5 Å². The number of methoxy groups -OCH3 is 2. The van der Waals surface area contributed by atoms with E-state index in [4.69, 9.17) is 9.47 Å². The standard InChI is InChI=1S/C18H20F3N5O2/c1-26-5-4-22-17(26)16(11-6-13(27-2)9-14(7-11)28-3)23-10-12-8-15(25-24-12)18(19,20)21/h4-9,16,23H,10H2,1-3H3,(H,24,25). The number of hydrogen-bond acceptors (Lipinski definition) is 5. The molecule has 3 aromatic rings. The molecule has 7 nitrogen and oxygen atoms in total. The molecule has 1 unspecified atom stereocenters. The molecule has 10 heteroatoms. The molecule has 2 heterocycles. The van der Waals surface area contributed by atoms with E-state index in [1.54, 1.807) is 32.7 Å². The number of aryl methyl sites for hydroxylation is 1. The molecule has 0 saturated carbocycles. The van der Waals surface area contributed by atoms with Gasteiger partial charge >= 0.3 is 6.18 Å². The van der Waals surface area contributed by atoms with E-state index in [2.05, 4.69) is 20.5 Å². The smallest absolute Gasteiger partial charge is 0.435 e. The number of aromatic amines is 1. The highest BCUT2D eigenvalue weighted by atomic mass is 19.4. The molecule has 2 N–H and O–H groups in total. The molecule has 0 spiro atoms. The summed E-state index contributed by atoms with van der Waals surface area (Å²) >= 11 is 0. The average Bonchev–Trinajstić information content (AvgIpc) is 3.31. The quantitative estimate of drug-likeness (QED) is 0.643. The fourth-order valence-corrected chi connectivity index (χ4v) is 2.82. The zero-order chi connectivity index (χ0) is 20.3. The molecule has 0 aliphatic heterocycles. The monoisotopic (exact) mass is 395 g/mol. The van der Waals surface area contributed by atoms with Gasteiger partial charge in [-0.3, -0.25) is 10.4 Å². The Balaban J connectivity index is 1.91. The molecule has 2 aromatic heterocycles. The molecular formula is C18H20F3N5O2. The van der Waals surface area contributed by atoms with Crippen molar-refractivity contribution in [2.45, 2.75) is 18.8 Å². The van der Waals surface area contributed by atoms with Crippen LogP contribution in [0.1, 0.15) is 28.8 Å². The van der Waals surface area contributed by atoms with Crippen LogP contribution in [0.5, 0.6) is 11.5 Å². The number of rotatable bonds is 7. The fraction of sp³-hybridized carbons (Fsp3) is 0.333. The third kappa shape index (κ3) is 4.28. The average molecular weight is 395 g/mol. The van der Waals surface area contributed by atoms with E-state index < -0.39 is 17.9 Å². The SMILES string of the molecule is COc1cc(OC)cc(C(NCc2cc(C(F)(F)F)n[nH]2)c2nccn2C)c1. The number of nitrogens with zero attached hydrogens (tertiary/aromatic N) is 3. The highest BCUT2D eigenvalue weighted by Crippen LogP contribution is 2.30. The number of nitrogens with one attached hydrogen (secondary N) is 2. The number of aromatic nitrogens is 4. The van der Waals surface area contributed by atoms with Crippen LogP contribution in [0.4, 0.5) is 13.2 Å². The number of imidazole rings is 1. The third-order valence-electron chi connectivity index (χ3n) is 4.24. The van der Waals surface area contributed by atoms with Crippen LogP contribution in [0.2, 0.25) is 0 Å². The molecule has 0 aliphatic rings. The van der Waals surface area contributed by atoms with Crippen LogP contribution < -0.4 is 14.8 Å². The van der Waals surface area contributed by atoms with E-state index in [9.17, 15) is 13.2 Å². The van der Waals surface area contributed by atoms with Crippen molar-refractivity contribution in [1.82, 2.24) is 25.1 Å². The Kier molecular flexibility index (Phi) is 5.59.